The van der Waals surface area contributed by atoms with Gasteiger partial charge in [-0.25, -0.2) is 4.79 Å². The molecule has 1 heterocycles. The summed E-state index contributed by atoms with van der Waals surface area (Å²) in [6, 6.07) is 7.90. The Kier molecular flexibility index (Phi) is 5.26. The molecule has 7 nitrogen and oxygen atoms in total. The topological polar surface area (TPSA) is 99.7 Å². The number of nitrogens with zero attached hydrogens (tertiary/aromatic N) is 1. The summed E-state index contributed by atoms with van der Waals surface area (Å²) in [5, 5.41) is 10.5. The lowest BCUT2D eigenvalue weighted by molar-refractivity contribution is -0.402. The molecule has 0 amide bonds. The number of benzene rings is 1. The van der Waals surface area contributed by atoms with E-state index in [1.807, 2.05) is 26.0 Å². The van der Waals surface area contributed by atoms with Gasteiger partial charge in [0.25, 0.3) is 0 Å². The SMILES string of the molecule is Cc1ccc(C(=O)COC(=O)C=Cc2ccc([N+](=O)[O-])o2)c(C)c1. The highest BCUT2D eigenvalue weighted by atomic mass is 16.6. The Morgan fingerprint density at radius 2 is 2.00 bits per heavy atom. The number of ketones is 1. The number of carbonyl (C=O) groups excluding carboxylic acids is 2. The van der Waals surface area contributed by atoms with Crippen LogP contribution in [0.5, 0.6) is 0 Å². The molecular formula is C17H15NO6. The Morgan fingerprint density at radius 1 is 1.25 bits per heavy atom. The number of hydrogen-bond donors (Lipinski definition) is 0. The van der Waals surface area contributed by atoms with Crippen molar-refractivity contribution in [3.63, 3.8) is 0 Å². The second-order valence-electron chi connectivity index (χ2n) is 5.12. The predicted molar refractivity (Wildman–Crippen MR) is 85.6 cm³/mol. The molecule has 1 aromatic carbocycles. The summed E-state index contributed by atoms with van der Waals surface area (Å²) >= 11 is 0. The summed E-state index contributed by atoms with van der Waals surface area (Å²) in [6.45, 7) is 3.35. The average molecular weight is 329 g/mol. The summed E-state index contributed by atoms with van der Waals surface area (Å²) in [6.07, 6.45) is 2.27. The van der Waals surface area contributed by atoms with Gasteiger partial charge in [0.05, 0.1) is 6.07 Å². The zero-order valence-corrected chi connectivity index (χ0v) is 13.1. The van der Waals surface area contributed by atoms with Gasteiger partial charge in [-0.3, -0.25) is 14.9 Å². The van der Waals surface area contributed by atoms with Crippen LogP contribution in [0.4, 0.5) is 5.88 Å². The van der Waals surface area contributed by atoms with Crippen LogP contribution in [0.15, 0.2) is 40.8 Å². The lowest BCUT2D eigenvalue weighted by Crippen LogP contribution is -2.13. The largest absolute Gasteiger partial charge is 0.454 e. The van der Waals surface area contributed by atoms with Crippen molar-refractivity contribution >= 4 is 23.7 Å². The van der Waals surface area contributed by atoms with Gasteiger partial charge < -0.3 is 9.15 Å². The lowest BCUT2D eigenvalue weighted by Gasteiger charge is -2.06. The average Bonchev–Trinajstić information content (AvgIpc) is 3.00. The van der Waals surface area contributed by atoms with Crippen LogP contribution in [-0.4, -0.2) is 23.3 Å². The normalized spacial score (nSPS) is 10.8. The maximum absolute atomic E-state index is 12.0. The fraction of sp³-hybridized carbons (Fsp3) is 0.176. The molecule has 0 aliphatic rings. The van der Waals surface area contributed by atoms with E-state index in [4.69, 9.17) is 9.15 Å². The third-order valence-corrected chi connectivity index (χ3v) is 3.20. The first-order valence-corrected chi connectivity index (χ1v) is 7.06. The second-order valence-corrected chi connectivity index (χ2v) is 5.12. The third kappa shape index (κ3) is 4.39. The first kappa shape index (κ1) is 17.1. The van der Waals surface area contributed by atoms with Gasteiger partial charge in [0, 0.05) is 11.6 Å². The van der Waals surface area contributed by atoms with Crippen molar-refractivity contribution in [3.8, 4) is 0 Å². The zero-order chi connectivity index (χ0) is 17.7. The van der Waals surface area contributed by atoms with E-state index in [-0.39, 0.29) is 18.2 Å². The van der Waals surface area contributed by atoms with Gasteiger partial charge in [-0.1, -0.05) is 23.8 Å². The van der Waals surface area contributed by atoms with Crippen molar-refractivity contribution in [2.24, 2.45) is 0 Å². The van der Waals surface area contributed by atoms with Crippen molar-refractivity contribution < 1.29 is 23.7 Å². The molecule has 124 valence electrons. The van der Waals surface area contributed by atoms with Crippen LogP contribution in [0.2, 0.25) is 0 Å². The Hall–Kier alpha value is -3.22. The number of furan rings is 1. The summed E-state index contributed by atoms with van der Waals surface area (Å²) in [7, 11) is 0. The van der Waals surface area contributed by atoms with Crippen molar-refractivity contribution in [1.29, 1.82) is 0 Å². The van der Waals surface area contributed by atoms with E-state index in [1.165, 1.54) is 18.2 Å². The van der Waals surface area contributed by atoms with Crippen LogP contribution in [0, 0.1) is 24.0 Å². The molecule has 0 aliphatic heterocycles. The van der Waals surface area contributed by atoms with Gasteiger partial charge >= 0.3 is 11.9 Å². The Morgan fingerprint density at radius 3 is 2.62 bits per heavy atom. The third-order valence-electron chi connectivity index (χ3n) is 3.20. The molecule has 0 saturated carbocycles. The highest BCUT2D eigenvalue weighted by molar-refractivity contribution is 6.00. The number of ether oxygens (including phenoxy) is 1. The lowest BCUT2D eigenvalue weighted by atomic mass is 10.0. The maximum Gasteiger partial charge on any atom is 0.433 e. The number of rotatable bonds is 6. The fourth-order valence-electron chi connectivity index (χ4n) is 2.07. The van der Waals surface area contributed by atoms with Gasteiger partial charge in [-0.2, -0.15) is 0 Å². The summed E-state index contributed by atoms with van der Waals surface area (Å²) < 4.78 is 9.73. The molecule has 0 unspecified atom stereocenters. The van der Waals surface area contributed by atoms with E-state index in [0.717, 1.165) is 17.2 Å². The highest BCUT2D eigenvalue weighted by Crippen LogP contribution is 2.16. The van der Waals surface area contributed by atoms with E-state index in [9.17, 15) is 19.7 Å². The molecule has 0 atom stereocenters. The van der Waals surface area contributed by atoms with Crippen LogP contribution in [0.3, 0.4) is 0 Å². The van der Waals surface area contributed by atoms with Crippen molar-refractivity contribution in [1.82, 2.24) is 0 Å². The number of nitro groups is 1. The monoisotopic (exact) mass is 329 g/mol. The van der Waals surface area contributed by atoms with E-state index in [0.29, 0.717) is 5.56 Å². The predicted octanol–water partition coefficient (Wildman–Crippen LogP) is 3.24. The van der Waals surface area contributed by atoms with Crippen LogP contribution in [-0.2, 0) is 9.53 Å². The number of aryl methyl sites for hydroxylation is 2. The zero-order valence-electron chi connectivity index (χ0n) is 13.1. The summed E-state index contributed by atoms with van der Waals surface area (Å²) in [5.74, 6) is -1.33. The molecule has 2 aromatic rings. The van der Waals surface area contributed by atoms with E-state index < -0.39 is 16.8 Å². The molecule has 2 rings (SSSR count). The molecule has 0 radical (unpaired) electrons. The minimum Gasteiger partial charge on any atom is -0.454 e. The standard InChI is InChI=1S/C17H15NO6/c1-11-3-6-14(12(2)9-11)15(19)10-23-17(20)8-5-13-4-7-16(24-13)18(21)22/h3-9H,10H2,1-2H3. The minimum absolute atomic E-state index is 0.138. The molecule has 0 saturated heterocycles. The first-order chi connectivity index (χ1) is 11.4. The Labute approximate surface area is 137 Å². The molecule has 24 heavy (non-hydrogen) atoms. The summed E-state index contributed by atoms with van der Waals surface area (Å²) in [4.78, 5) is 33.4. The van der Waals surface area contributed by atoms with Gasteiger partial charge in [-0.15, -0.1) is 0 Å². The Balaban J connectivity index is 1.91. The molecule has 0 spiro atoms. The van der Waals surface area contributed by atoms with Crippen LogP contribution >= 0.6 is 0 Å². The summed E-state index contributed by atoms with van der Waals surface area (Å²) in [5.41, 5.74) is 2.35. The van der Waals surface area contributed by atoms with Crippen molar-refractivity contribution in [2.75, 3.05) is 6.61 Å². The smallest absolute Gasteiger partial charge is 0.433 e. The number of Topliss-reactive ketones (excluding diaryl/α,β-unsaturated/α-hetero) is 1. The second kappa shape index (κ2) is 7.36. The molecule has 0 N–H and O–H groups in total. The first-order valence-electron chi connectivity index (χ1n) is 7.06. The van der Waals surface area contributed by atoms with Gasteiger partial charge in [0.15, 0.2) is 6.61 Å². The van der Waals surface area contributed by atoms with Crippen LogP contribution in [0.1, 0.15) is 27.2 Å². The molecular weight excluding hydrogens is 314 g/mol. The van der Waals surface area contributed by atoms with Crippen LogP contribution < -0.4 is 0 Å². The maximum atomic E-state index is 12.0. The molecule has 0 aliphatic carbocycles. The number of esters is 1. The molecule has 0 bridgehead atoms. The Bertz CT molecular complexity index is 818. The molecule has 7 heteroatoms. The minimum atomic E-state index is -0.743. The van der Waals surface area contributed by atoms with Crippen LogP contribution in [0.25, 0.3) is 6.08 Å². The van der Waals surface area contributed by atoms with Gasteiger partial charge in [0.1, 0.15) is 10.7 Å². The van der Waals surface area contributed by atoms with Gasteiger partial charge in [0.2, 0.25) is 5.78 Å². The molecule has 1 aromatic heterocycles. The van der Waals surface area contributed by atoms with Crippen molar-refractivity contribution in [2.45, 2.75) is 13.8 Å². The van der Waals surface area contributed by atoms with Gasteiger partial charge in [-0.05, 0) is 31.6 Å². The van der Waals surface area contributed by atoms with E-state index in [2.05, 4.69) is 0 Å². The highest BCUT2D eigenvalue weighted by Gasteiger charge is 2.12. The quantitative estimate of drug-likeness (QED) is 0.265. The fourth-order valence-corrected chi connectivity index (χ4v) is 2.07. The van der Waals surface area contributed by atoms with E-state index in [1.54, 1.807) is 6.07 Å². The van der Waals surface area contributed by atoms with Crippen molar-refractivity contribution in [3.05, 3.63) is 69.0 Å². The number of hydrogen-bond acceptors (Lipinski definition) is 6. The van der Waals surface area contributed by atoms with E-state index >= 15 is 0 Å². The molecule has 0 fully saturated rings. The number of carbonyl (C=O) groups is 2.